The number of aromatic nitrogens is 4. The van der Waals surface area contributed by atoms with Crippen molar-refractivity contribution in [3.05, 3.63) is 82.6 Å². The maximum atomic E-state index is 14.1. The number of benzene rings is 3. The third-order valence-electron chi connectivity index (χ3n) is 6.61. The van der Waals surface area contributed by atoms with Gasteiger partial charge in [-0.15, -0.1) is 10.2 Å². The lowest BCUT2D eigenvalue weighted by atomic mass is 10.2. The van der Waals surface area contributed by atoms with Gasteiger partial charge < -0.3 is 14.0 Å². The number of para-hydroxylation sites is 1. The van der Waals surface area contributed by atoms with Gasteiger partial charge in [-0.2, -0.15) is 10.1 Å². The summed E-state index contributed by atoms with van der Waals surface area (Å²) < 4.78 is 27.5. The molecule has 0 amide bonds. The van der Waals surface area contributed by atoms with Gasteiger partial charge in [0.15, 0.2) is 17.1 Å². The normalized spacial score (nSPS) is 11.5. The van der Waals surface area contributed by atoms with E-state index in [4.69, 9.17) is 26.1 Å². The largest absolute Gasteiger partial charge is 0.493 e. The molecule has 2 aromatic heterocycles. The summed E-state index contributed by atoms with van der Waals surface area (Å²) >= 11 is 6.11. The number of nitrogens with zero attached hydrogens (tertiary/aromatic N) is 5. The molecule has 0 atom stereocenters. The second-order valence-corrected chi connectivity index (χ2v) is 9.71. The van der Waals surface area contributed by atoms with Crippen LogP contribution >= 0.6 is 11.6 Å². The highest BCUT2D eigenvalue weighted by atomic mass is 35.5. The summed E-state index contributed by atoms with van der Waals surface area (Å²) in [6.45, 7) is 3.04. The summed E-state index contributed by atoms with van der Waals surface area (Å²) in [5, 5.41) is 14.3. The average Bonchev–Trinajstić information content (AvgIpc) is 3.28. The number of hydrogen-bond donors (Lipinski definition) is 1. The van der Waals surface area contributed by atoms with Crippen molar-refractivity contribution in [3.63, 3.8) is 0 Å². The van der Waals surface area contributed by atoms with Crippen LogP contribution in [0.1, 0.15) is 43.7 Å². The SMILES string of the molecule is CCCCCCn1c2ccccc2c2nnc(N/N=C/c3ccc(OCc4c(F)cccc4Cl)c(OC)c3)nc21. The molecule has 40 heavy (non-hydrogen) atoms. The molecule has 5 rings (SSSR count). The van der Waals surface area contributed by atoms with Crippen LogP contribution in [0.25, 0.3) is 22.1 Å². The fraction of sp³-hybridized carbons (Fsp3) is 0.267. The third-order valence-corrected chi connectivity index (χ3v) is 6.96. The van der Waals surface area contributed by atoms with Crippen molar-refractivity contribution in [1.82, 2.24) is 19.7 Å². The smallest absolute Gasteiger partial charge is 0.265 e. The maximum absolute atomic E-state index is 14.1. The molecule has 206 valence electrons. The quantitative estimate of drug-likeness (QED) is 0.0972. The van der Waals surface area contributed by atoms with E-state index in [1.54, 1.807) is 30.5 Å². The molecule has 5 aromatic rings. The minimum absolute atomic E-state index is 0.0288. The number of anilines is 1. The summed E-state index contributed by atoms with van der Waals surface area (Å²) in [5.41, 5.74) is 6.58. The monoisotopic (exact) mass is 560 g/mol. The zero-order valence-corrected chi connectivity index (χ0v) is 23.2. The molecule has 0 fully saturated rings. The van der Waals surface area contributed by atoms with Gasteiger partial charge in [0.05, 0.1) is 23.9 Å². The molecular weight excluding hydrogens is 531 g/mol. The molecule has 10 heteroatoms. The number of fused-ring (bicyclic) bond motifs is 3. The molecule has 0 unspecified atom stereocenters. The van der Waals surface area contributed by atoms with Gasteiger partial charge in [0.25, 0.3) is 5.95 Å². The number of aryl methyl sites for hydroxylation is 1. The van der Waals surface area contributed by atoms with Crippen LogP contribution in [0.15, 0.2) is 65.8 Å². The van der Waals surface area contributed by atoms with Crippen LogP contribution in [0.3, 0.4) is 0 Å². The van der Waals surface area contributed by atoms with Crippen LogP contribution in [0.5, 0.6) is 11.5 Å². The fourth-order valence-corrected chi connectivity index (χ4v) is 4.76. The lowest BCUT2D eigenvalue weighted by Gasteiger charge is -2.12. The Hall–Kier alpha value is -4.24. The van der Waals surface area contributed by atoms with Crippen molar-refractivity contribution >= 4 is 45.8 Å². The van der Waals surface area contributed by atoms with Gasteiger partial charge >= 0.3 is 0 Å². The first-order valence-electron chi connectivity index (χ1n) is 13.2. The van der Waals surface area contributed by atoms with E-state index < -0.39 is 5.82 Å². The molecule has 2 heterocycles. The maximum Gasteiger partial charge on any atom is 0.265 e. The molecule has 0 saturated heterocycles. The van der Waals surface area contributed by atoms with Crippen molar-refractivity contribution in [1.29, 1.82) is 0 Å². The summed E-state index contributed by atoms with van der Waals surface area (Å²) in [4.78, 5) is 4.74. The Bertz CT molecular complexity index is 1630. The highest BCUT2D eigenvalue weighted by Crippen LogP contribution is 2.30. The van der Waals surface area contributed by atoms with Crippen molar-refractivity contribution in [3.8, 4) is 11.5 Å². The second kappa shape index (κ2) is 12.7. The summed E-state index contributed by atoms with van der Waals surface area (Å²) in [5.74, 6) is 0.808. The molecule has 8 nitrogen and oxygen atoms in total. The van der Waals surface area contributed by atoms with E-state index in [-0.39, 0.29) is 12.2 Å². The number of unbranched alkanes of at least 4 members (excludes halogenated alkanes) is 3. The molecule has 1 N–H and O–H groups in total. The summed E-state index contributed by atoms with van der Waals surface area (Å²) in [6.07, 6.45) is 6.26. The van der Waals surface area contributed by atoms with E-state index >= 15 is 0 Å². The molecule has 0 saturated carbocycles. The zero-order chi connectivity index (χ0) is 27.9. The molecule has 0 spiro atoms. The molecule has 0 aliphatic heterocycles. The molecule has 3 aromatic carbocycles. The Morgan fingerprint density at radius 1 is 1.02 bits per heavy atom. The Kier molecular flexibility index (Phi) is 8.71. The first-order valence-corrected chi connectivity index (χ1v) is 13.6. The number of rotatable bonds is 12. The molecule has 0 aliphatic carbocycles. The van der Waals surface area contributed by atoms with Gasteiger partial charge in [-0.05, 0) is 48.4 Å². The summed E-state index contributed by atoms with van der Waals surface area (Å²) in [7, 11) is 1.54. The van der Waals surface area contributed by atoms with E-state index in [1.165, 1.54) is 32.4 Å². The number of ether oxygens (including phenoxy) is 2. The predicted octanol–water partition coefficient (Wildman–Crippen LogP) is 7.39. The molecule has 0 bridgehead atoms. The van der Waals surface area contributed by atoms with Crippen LogP contribution < -0.4 is 14.9 Å². The Balaban J connectivity index is 1.31. The van der Waals surface area contributed by atoms with Crippen molar-refractivity contribution in [2.45, 2.75) is 45.8 Å². The van der Waals surface area contributed by atoms with E-state index in [2.05, 4.69) is 38.3 Å². The van der Waals surface area contributed by atoms with Crippen LogP contribution in [-0.4, -0.2) is 33.1 Å². The van der Waals surface area contributed by atoms with Crippen molar-refractivity contribution in [2.75, 3.05) is 12.5 Å². The molecule has 0 radical (unpaired) electrons. The molecule has 0 aliphatic rings. The molecular formula is C30H30ClFN6O2. The van der Waals surface area contributed by atoms with Gasteiger partial charge in [-0.25, -0.2) is 9.82 Å². The van der Waals surface area contributed by atoms with Gasteiger partial charge in [-0.3, -0.25) is 0 Å². The third kappa shape index (κ3) is 5.99. The summed E-state index contributed by atoms with van der Waals surface area (Å²) in [6, 6.07) is 18.0. The second-order valence-electron chi connectivity index (χ2n) is 9.31. The van der Waals surface area contributed by atoms with Gasteiger partial charge in [-0.1, -0.05) is 62.1 Å². The van der Waals surface area contributed by atoms with Gasteiger partial charge in [0, 0.05) is 17.5 Å². The van der Waals surface area contributed by atoms with E-state index in [0.717, 1.165) is 40.6 Å². The zero-order valence-electron chi connectivity index (χ0n) is 22.4. The highest BCUT2D eigenvalue weighted by Gasteiger charge is 2.14. The average molecular weight is 561 g/mol. The van der Waals surface area contributed by atoms with Crippen LogP contribution in [0.4, 0.5) is 10.3 Å². The minimum Gasteiger partial charge on any atom is -0.493 e. The van der Waals surface area contributed by atoms with Crippen molar-refractivity contribution < 1.29 is 13.9 Å². The van der Waals surface area contributed by atoms with Crippen LogP contribution in [0, 0.1) is 5.82 Å². The van der Waals surface area contributed by atoms with Gasteiger partial charge in [0.2, 0.25) is 0 Å². The standard InChI is InChI=1S/C30H30ClFN6O2/c1-3-4-5-8-16-38-25-13-7-6-10-21(25)28-29(38)34-30(37-35-28)36-33-18-20-14-15-26(27(17-20)39-2)40-19-22-23(31)11-9-12-24(22)32/h6-7,9-15,17-18H,3-5,8,16,19H2,1-2H3,(H,34,36,37)/b33-18+. The van der Waals surface area contributed by atoms with E-state index in [9.17, 15) is 4.39 Å². The van der Waals surface area contributed by atoms with Gasteiger partial charge in [0.1, 0.15) is 17.9 Å². The number of halogens is 2. The van der Waals surface area contributed by atoms with Crippen molar-refractivity contribution in [2.24, 2.45) is 5.10 Å². The number of methoxy groups -OCH3 is 1. The Morgan fingerprint density at radius 3 is 2.73 bits per heavy atom. The first kappa shape index (κ1) is 27.3. The highest BCUT2D eigenvalue weighted by molar-refractivity contribution is 6.31. The fourth-order valence-electron chi connectivity index (χ4n) is 4.54. The van der Waals surface area contributed by atoms with Crippen LogP contribution in [-0.2, 0) is 13.2 Å². The predicted molar refractivity (Wildman–Crippen MR) is 157 cm³/mol. The lowest BCUT2D eigenvalue weighted by molar-refractivity contribution is 0.280. The van der Waals surface area contributed by atoms with E-state index in [0.29, 0.717) is 22.5 Å². The Labute approximate surface area is 236 Å². The lowest BCUT2D eigenvalue weighted by Crippen LogP contribution is -2.03. The first-order chi connectivity index (χ1) is 19.6. The van der Waals surface area contributed by atoms with E-state index in [1.807, 2.05) is 24.3 Å². The minimum atomic E-state index is -0.423. The number of nitrogens with one attached hydrogen (secondary N) is 1. The number of hydrazone groups is 1. The number of hydrogen-bond acceptors (Lipinski definition) is 7. The topological polar surface area (TPSA) is 86.5 Å². The van der Waals surface area contributed by atoms with Crippen LogP contribution in [0.2, 0.25) is 5.02 Å². The Morgan fingerprint density at radius 2 is 1.90 bits per heavy atom.